The lowest BCUT2D eigenvalue weighted by Gasteiger charge is -2.19. The van der Waals surface area contributed by atoms with E-state index in [1.54, 1.807) is 0 Å². The van der Waals surface area contributed by atoms with Crippen molar-refractivity contribution in [3.05, 3.63) is 27.8 Å². The van der Waals surface area contributed by atoms with Gasteiger partial charge < -0.3 is 10.6 Å². The minimum Gasteiger partial charge on any atom is -0.383 e. The van der Waals surface area contributed by atoms with Gasteiger partial charge in [0.25, 0.3) is 0 Å². The molecule has 0 aromatic heterocycles. The van der Waals surface area contributed by atoms with E-state index in [-0.39, 0.29) is 0 Å². The van der Waals surface area contributed by atoms with Gasteiger partial charge in [0.15, 0.2) is 0 Å². The highest BCUT2D eigenvalue weighted by Gasteiger charge is 2.16. The van der Waals surface area contributed by atoms with E-state index in [2.05, 4.69) is 64.4 Å². The number of hydrogen-bond donors (Lipinski definition) is 2. The van der Waals surface area contributed by atoms with Gasteiger partial charge in [-0.3, -0.25) is 0 Å². The summed E-state index contributed by atoms with van der Waals surface area (Å²) in [6.07, 6.45) is 3.88. The van der Waals surface area contributed by atoms with Crippen LogP contribution in [0.4, 0.5) is 5.69 Å². The number of halogens is 1. The van der Waals surface area contributed by atoms with Crippen LogP contribution < -0.4 is 10.6 Å². The van der Waals surface area contributed by atoms with E-state index in [1.165, 1.54) is 35.1 Å². The molecule has 2 N–H and O–H groups in total. The van der Waals surface area contributed by atoms with E-state index in [1.807, 2.05) is 0 Å². The number of rotatable bonds is 4. The molecule has 1 aliphatic rings. The molecular formula is C13H19IN2. The first-order valence-corrected chi connectivity index (χ1v) is 7.07. The Labute approximate surface area is 111 Å². The van der Waals surface area contributed by atoms with Gasteiger partial charge in [-0.2, -0.15) is 0 Å². The molecule has 0 amide bonds. The fraction of sp³-hybridized carbons (Fsp3) is 0.538. The Morgan fingerprint density at radius 1 is 1.44 bits per heavy atom. The van der Waals surface area contributed by atoms with Crippen molar-refractivity contribution in [1.82, 2.24) is 5.32 Å². The predicted octanol–water partition coefficient (Wildman–Crippen LogP) is 3.23. The van der Waals surface area contributed by atoms with E-state index >= 15 is 0 Å². The third-order valence-electron chi connectivity index (χ3n) is 3.06. The maximum Gasteiger partial charge on any atom is 0.0342 e. The first-order chi connectivity index (χ1) is 7.74. The van der Waals surface area contributed by atoms with Crippen LogP contribution in [-0.4, -0.2) is 18.6 Å². The largest absolute Gasteiger partial charge is 0.383 e. The summed E-state index contributed by atoms with van der Waals surface area (Å²) in [5, 5.41) is 7.09. The molecule has 3 heteroatoms. The van der Waals surface area contributed by atoms with Crippen LogP contribution >= 0.6 is 22.6 Å². The summed E-state index contributed by atoms with van der Waals surface area (Å²) >= 11 is 2.33. The molecular weight excluding hydrogens is 311 g/mol. The molecule has 0 bridgehead atoms. The monoisotopic (exact) mass is 330 g/mol. The number of benzene rings is 1. The summed E-state index contributed by atoms with van der Waals surface area (Å²) < 4.78 is 1.29. The molecule has 1 aromatic carbocycles. The Balaban J connectivity index is 1.81. The second-order valence-corrected chi connectivity index (χ2v) is 5.83. The van der Waals surface area contributed by atoms with Gasteiger partial charge in [0.05, 0.1) is 0 Å². The summed E-state index contributed by atoms with van der Waals surface area (Å²) in [6.45, 7) is 3.46. The molecule has 0 spiro atoms. The SMILES string of the molecule is CC(CC1CCCN1)Nc1ccc(I)cc1. The van der Waals surface area contributed by atoms with Gasteiger partial charge in [-0.1, -0.05) is 0 Å². The highest BCUT2D eigenvalue weighted by Crippen LogP contribution is 2.16. The van der Waals surface area contributed by atoms with Gasteiger partial charge in [0, 0.05) is 21.3 Å². The summed E-state index contributed by atoms with van der Waals surface area (Å²) in [7, 11) is 0. The van der Waals surface area contributed by atoms with E-state index in [0.29, 0.717) is 12.1 Å². The summed E-state index contributed by atoms with van der Waals surface area (Å²) in [5.41, 5.74) is 1.23. The third kappa shape index (κ3) is 3.63. The quantitative estimate of drug-likeness (QED) is 0.829. The van der Waals surface area contributed by atoms with Gasteiger partial charge in [-0.15, -0.1) is 0 Å². The Bertz CT molecular complexity index is 317. The fourth-order valence-corrected chi connectivity index (χ4v) is 2.63. The lowest BCUT2D eigenvalue weighted by atomic mass is 10.1. The number of nitrogens with one attached hydrogen (secondary N) is 2. The van der Waals surface area contributed by atoms with E-state index in [0.717, 1.165) is 0 Å². The molecule has 1 fully saturated rings. The van der Waals surface area contributed by atoms with Crippen LogP contribution in [0.5, 0.6) is 0 Å². The van der Waals surface area contributed by atoms with Gasteiger partial charge >= 0.3 is 0 Å². The van der Waals surface area contributed by atoms with Crippen molar-refractivity contribution in [2.45, 2.75) is 38.3 Å². The van der Waals surface area contributed by atoms with Crippen molar-refractivity contribution in [2.75, 3.05) is 11.9 Å². The highest BCUT2D eigenvalue weighted by atomic mass is 127. The molecule has 0 aliphatic carbocycles. The first-order valence-electron chi connectivity index (χ1n) is 5.99. The van der Waals surface area contributed by atoms with Crippen molar-refractivity contribution >= 4 is 28.3 Å². The van der Waals surface area contributed by atoms with Crippen molar-refractivity contribution < 1.29 is 0 Å². The first kappa shape index (κ1) is 12.2. The van der Waals surface area contributed by atoms with Crippen LogP contribution in [-0.2, 0) is 0 Å². The van der Waals surface area contributed by atoms with Crippen LogP contribution in [0.2, 0.25) is 0 Å². The van der Waals surface area contributed by atoms with Crippen LogP contribution in [0.15, 0.2) is 24.3 Å². The Kier molecular flexibility index (Phi) is 4.46. The van der Waals surface area contributed by atoms with Crippen LogP contribution in [0.1, 0.15) is 26.2 Å². The average molecular weight is 330 g/mol. The second kappa shape index (κ2) is 5.87. The molecule has 0 saturated carbocycles. The molecule has 2 rings (SSSR count). The van der Waals surface area contributed by atoms with Crippen molar-refractivity contribution in [3.8, 4) is 0 Å². The summed E-state index contributed by atoms with van der Waals surface area (Å²) in [4.78, 5) is 0. The highest BCUT2D eigenvalue weighted by molar-refractivity contribution is 14.1. The van der Waals surface area contributed by atoms with Gasteiger partial charge in [-0.05, 0) is 79.6 Å². The van der Waals surface area contributed by atoms with Crippen LogP contribution in [0.3, 0.4) is 0 Å². The Hall–Kier alpha value is -0.290. The minimum atomic E-state index is 0.538. The second-order valence-electron chi connectivity index (χ2n) is 4.58. The summed E-state index contributed by atoms with van der Waals surface area (Å²) in [6, 6.07) is 9.84. The van der Waals surface area contributed by atoms with E-state index in [4.69, 9.17) is 0 Å². The van der Waals surface area contributed by atoms with Crippen molar-refractivity contribution in [3.63, 3.8) is 0 Å². The van der Waals surface area contributed by atoms with Crippen molar-refractivity contribution in [2.24, 2.45) is 0 Å². The molecule has 2 atom stereocenters. The van der Waals surface area contributed by atoms with Gasteiger partial charge in [0.1, 0.15) is 0 Å². The molecule has 16 heavy (non-hydrogen) atoms. The van der Waals surface area contributed by atoms with E-state index in [9.17, 15) is 0 Å². The fourth-order valence-electron chi connectivity index (χ4n) is 2.27. The number of anilines is 1. The van der Waals surface area contributed by atoms with Crippen LogP contribution in [0, 0.1) is 3.57 Å². The van der Waals surface area contributed by atoms with Crippen LogP contribution in [0.25, 0.3) is 0 Å². The standard InChI is InChI=1S/C13H19IN2/c1-10(9-13-3-2-8-15-13)16-12-6-4-11(14)5-7-12/h4-7,10,13,15-16H,2-3,8-9H2,1H3. The molecule has 1 saturated heterocycles. The lowest BCUT2D eigenvalue weighted by Crippen LogP contribution is -2.29. The van der Waals surface area contributed by atoms with Crippen molar-refractivity contribution in [1.29, 1.82) is 0 Å². The normalized spacial score (nSPS) is 22.0. The molecule has 1 aromatic rings. The average Bonchev–Trinajstić information content (AvgIpc) is 2.74. The topological polar surface area (TPSA) is 24.1 Å². The smallest absolute Gasteiger partial charge is 0.0342 e. The lowest BCUT2D eigenvalue weighted by molar-refractivity contribution is 0.523. The minimum absolute atomic E-state index is 0.538. The Morgan fingerprint density at radius 2 is 2.19 bits per heavy atom. The molecule has 1 aliphatic heterocycles. The zero-order chi connectivity index (χ0) is 11.4. The zero-order valence-corrected chi connectivity index (χ0v) is 11.8. The molecule has 1 heterocycles. The molecule has 2 nitrogen and oxygen atoms in total. The third-order valence-corrected chi connectivity index (χ3v) is 3.78. The molecule has 0 radical (unpaired) electrons. The Morgan fingerprint density at radius 3 is 2.81 bits per heavy atom. The predicted molar refractivity (Wildman–Crippen MR) is 77.9 cm³/mol. The maximum absolute atomic E-state index is 3.55. The maximum atomic E-state index is 3.55. The van der Waals surface area contributed by atoms with Gasteiger partial charge in [0.2, 0.25) is 0 Å². The van der Waals surface area contributed by atoms with E-state index < -0.39 is 0 Å². The summed E-state index contributed by atoms with van der Waals surface area (Å²) in [5.74, 6) is 0. The van der Waals surface area contributed by atoms with Gasteiger partial charge in [-0.25, -0.2) is 0 Å². The molecule has 88 valence electrons. The molecule has 2 unspecified atom stereocenters. The number of hydrogen-bond acceptors (Lipinski definition) is 2. The zero-order valence-electron chi connectivity index (χ0n) is 9.67.